The second kappa shape index (κ2) is 7.59. The molecule has 0 aliphatic heterocycles. The van der Waals surface area contributed by atoms with Gasteiger partial charge in [0.25, 0.3) is 0 Å². The van der Waals surface area contributed by atoms with Crippen molar-refractivity contribution < 1.29 is 14.3 Å². The average Bonchev–Trinajstić information content (AvgIpc) is 2.83. The molecule has 0 amide bonds. The highest BCUT2D eigenvalue weighted by atomic mass is 16.7. The molecule has 1 aliphatic rings. The van der Waals surface area contributed by atoms with Gasteiger partial charge in [-0.1, -0.05) is 31.7 Å². The Morgan fingerprint density at radius 3 is 2.70 bits per heavy atom. The molecule has 1 fully saturated rings. The van der Waals surface area contributed by atoms with Gasteiger partial charge in [0.2, 0.25) is 5.88 Å². The first-order valence-electron chi connectivity index (χ1n) is 9.93. The summed E-state index contributed by atoms with van der Waals surface area (Å²) in [7, 11) is 0. The average molecular weight is 366 g/mol. The lowest BCUT2D eigenvalue weighted by Crippen LogP contribution is -2.11. The Kier molecular flexibility index (Phi) is 5.01. The summed E-state index contributed by atoms with van der Waals surface area (Å²) in [4.78, 5) is 19.4. The molecular formula is C22H26N2O3. The zero-order valence-corrected chi connectivity index (χ0v) is 16.0. The Morgan fingerprint density at radius 2 is 1.96 bits per heavy atom. The lowest BCUT2D eigenvalue weighted by molar-refractivity contribution is 0.102. The number of rotatable bonds is 3. The molecule has 1 aromatic carbocycles. The summed E-state index contributed by atoms with van der Waals surface area (Å²) in [5.41, 5.74) is 4.30. The summed E-state index contributed by atoms with van der Waals surface area (Å²) in [5.74, 6) is 0.945. The van der Waals surface area contributed by atoms with Gasteiger partial charge in [0, 0.05) is 21.9 Å². The van der Waals surface area contributed by atoms with Gasteiger partial charge in [0.15, 0.2) is 0 Å². The number of nitrogens with one attached hydrogen (secondary N) is 1. The summed E-state index contributed by atoms with van der Waals surface area (Å²) >= 11 is 0. The fourth-order valence-corrected chi connectivity index (χ4v) is 4.25. The van der Waals surface area contributed by atoms with E-state index in [1.165, 1.54) is 49.5 Å². The van der Waals surface area contributed by atoms with E-state index >= 15 is 0 Å². The maximum Gasteiger partial charge on any atom is 0.515 e. The van der Waals surface area contributed by atoms with Gasteiger partial charge in [-0.25, -0.2) is 9.78 Å². The summed E-state index contributed by atoms with van der Waals surface area (Å²) in [6.07, 6.45) is 8.88. The number of pyridine rings is 1. The number of carbonyl (C=O) groups excluding carboxylic acids is 1. The Labute approximate surface area is 159 Å². The Hall–Kier alpha value is -2.56. The van der Waals surface area contributed by atoms with E-state index in [9.17, 15) is 4.79 Å². The maximum absolute atomic E-state index is 11.7. The van der Waals surface area contributed by atoms with Crippen molar-refractivity contribution in [3.8, 4) is 5.88 Å². The molecule has 142 valence electrons. The number of benzene rings is 1. The summed E-state index contributed by atoms with van der Waals surface area (Å²) in [6.45, 7) is 3.97. The molecular weight excluding hydrogens is 340 g/mol. The maximum atomic E-state index is 11.7. The molecule has 1 aliphatic carbocycles. The van der Waals surface area contributed by atoms with Gasteiger partial charge in [-0.2, -0.15) is 0 Å². The molecule has 0 saturated heterocycles. The molecule has 0 spiro atoms. The summed E-state index contributed by atoms with van der Waals surface area (Å²) < 4.78 is 10.2. The standard InChI is InChI=1S/C22H26N2O3/c1-3-26-22(25)27-21-14(2)20-17-12-16(15-8-6-4-5-7-9-15)10-11-18(17)24-19(20)13-23-21/h10-13,15,24H,3-9H2,1-2H3. The number of carbonyl (C=O) groups is 1. The first-order valence-corrected chi connectivity index (χ1v) is 9.93. The molecule has 0 bridgehead atoms. The third kappa shape index (κ3) is 3.51. The fraction of sp³-hybridized carbons (Fsp3) is 0.455. The number of ether oxygens (including phenoxy) is 2. The smallest absolute Gasteiger partial charge is 0.434 e. The predicted octanol–water partition coefficient (Wildman–Crippen LogP) is 6.00. The number of aromatic amines is 1. The highest BCUT2D eigenvalue weighted by Gasteiger charge is 2.18. The summed E-state index contributed by atoms with van der Waals surface area (Å²) in [5, 5.41) is 2.23. The number of hydrogen-bond acceptors (Lipinski definition) is 4. The number of nitrogens with zero attached hydrogens (tertiary/aromatic N) is 1. The normalized spacial score (nSPS) is 15.8. The van der Waals surface area contributed by atoms with E-state index in [2.05, 4.69) is 28.2 Å². The van der Waals surface area contributed by atoms with E-state index < -0.39 is 6.16 Å². The first-order chi connectivity index (χ1) is 13.2. The van der Waals surface area contributed by atoms with Crippen LogP contribution in [0.1, 0.15) is 62.5 Å². The molecule has 1 N–H and O–H groups in total. The number of H-pyrrole nitrogens is 1. The topological polar surface area (TPSA) is 64.2 Å². The van der Waals surface area contributed by atoms with Crippen LogP contribution in [0, 0.1) is 6.92 Å². The van der Waals surface area contributed by atoms with E-state index in [4.69, 9.17) is 9.47 Å². The van der Waals surface area contributed by atoms with Crippen LogP contribution >= 0.6 is 0 Å². The van der Waals surface area contributed by atoms with Gasteiger partial charge in [-0.05, 0) is 50.3 Å². The highest BCUT2D eigenvalue weighted by molar-refractivity contribution is 6.09. The van der Waals surface area contributed by atoms with Crippen molar-refractivity contribution in [1.29, 1.82) is 0 Å². The number of fused-ring (bicyclic) bond motifs is 3. The number of aromatic nitrogens is 2. The van der Waals surface area contributed by atoms with E-state index in [1.807, 2.05) is 6.92 Å². The van der Waals surface area contributed by atoms with Gasteiger partial charge in [0.05, 0.1) is 18.3 Å². The largest absolute Gasteiger partial charge is 0.515 e. The minimum atomic E-state index is -0.716. The second-order valence-electron chi connectivity index (χ2n) is 7.38. The van der Waals surface area contributed by atoms with E-state index in [1.54, 1.807) is 13.1 Å². The fourth-order valence-electron chi connectivity index (χ4n) is 4.25. The van der Waals surface area contributed by atoms with E-state index in [0.717, 1.165) is 22.0 Å². The first kappa shape index (κ1) is 17.8. The predicted molar refractivity (Wildman–Crippen MR) is 106 cm³/mol. The lowest BCUT2D eigenvalue weighted by Gasteiger charge is -2.14. The Balaban J connectivity index is 1.77. The van der Waals surface area contributed by atoms with Gasteiger partial charge >= 0.3 is 6.16 Å². The molecule has 2 aromatic heterocycles. The zero-order chi connectivity index (χ0) is 18.8. The van der Waals surface area contributed by atoms with Crippen LogP contribution < -0.4 is 4.74 Å². The highest BCUT2D eigenvalue weighted by Crippen LogP contribution is 2.37. The quantitative estimate of drug-likeness (QED) is 0.456. The van der Waals surface area contributed by atoms with Crippen molar-refractivity contribution in [2.75, 3.05) is 6.61 Å². The van der Waals surface area contributed by atoms with Gasteiger partial charge < -0.3 is 14.5 Å². The van der Waals surface area contributed by atoms with E-state index in [0.29, 0.717) is 11.8 Å². The minimum Gasteiger partial charge on any atom is -0.434 e. The van der Waals surface area contributed by atoms with Crippen LogP contribution in [0.3, 0.4) is 0 Å². The summed E-state index contributed by atoms with van der Waals surface area (Å²) in [6, 6.07) is 6.73. The molecule has 2 heterocycles. The second-order valence-corrected chi connectivity index (χ2v) is 7.38. The third-order valence-electron chi connectivity index (χ3n) is 5.63. The van der Waals surface area contributed by atoms with Crippen LogP contribution in [-0.4, -0.2) is 22.7 Å². The molecule has 1 saturated carbocycles. The molecule has 0 atom stereocenters. The van der Waals surface area contributed by atoms with Crippen molar-refractivity contribution >= 4 is 28.0 Å². The van der Waals surface area contributed by atoms with Crippen LogP contribution in [0.4, 0.5) is 4.79 Å². The van der Waals surface area contributed by atoms with Crippen LogP contribution in [0.15, 0.2) is 24.4 Å². The molecule has 0 unspecified atom stereocenters. The van der Waals surface area contributed by atoms with E-state index in [-0.39, 0.29) is 6.61 Å². The SMILES string of the molecule is CCOC(=O)Oc1ncc2[nH]c3ccc(C4CCCCCC4)cc3c2c1C. The van der Waals surface area contributed by atoms with Crippen LogP contribution in [0.25, 0.3) is 21.8 Å². The Bertz CT molecular complexity index is 969. The van der Waals surface area contributed by atoms with Crippen molar-refractivity contribution in [2.24, 2.45) is 0 Å². The molecule has 5 nitrogen and oxygen atoms in total. The molecule has 5 heteroatoms. The van der Waals surface area contributed by atoms with Crippen molar-refractivity contribution in [2.45, 2.75) is 58.3 Å². The Morgan fingerprint density at radius 1 is 1.19 bits per heavy atom. The monoisotopic (exact) mass is 366 g/mol. The van der Waals surface area contributed by atoms with Crippen molar-refractivity contribution in [3.05, 3.63) is 35.5 Å². The number of aryl methyl sites for hydroxylation is 1. The molecule has 0 radical (unpaired) electrons. The van der Waals surface area contributed by atoms with Crippen LogP contribution in [0.2, 0.25) is 0 Å². The van der Waals surface area contributed by atoms with Gasteiger partial charge in [0.1, 0.15) is 0 Å². The van der Waals surface area contributed by atoms with Crippen molar-refractivity contribution in [1.82, 2.24) is 9.97 Å². The third-order valence-corrected chi connectivity index (χ3v) is 5.63. The van der Waals surface area contributed by atoms with Crippen LogP contribution in [-0.2, 0) is 4.74 Å². The number of hydrogen-bond donors (Lipinski definition) is 1. The molecule has 27 heavy (non-hydrogen) atoms. The molecule has 3 aromatic rings. The minimum absolute atomic E-state index is 0.276. The van der Waals surface area contributed by atoms with Crippen molar-refractivity contribution in [3.63, 3.8) is 0 Å². The zero-order valence-electron chi connectivity index (χ0n) is 16.0. The van der Waals surface area contributed by atoms with Crippen LogP contribution in [0.5, 0.6) is 5.88 Å². The lowest BCUT2D eigenvalue weighted by atomic mass is 9.90. The van der Waals surface area contributed by atoms with Gasteiger partial charge in [-0.15, -0.1) is 0 Å². The van der Waals surface area contributed by atoms with Gasteiger partial charge in [-0.3, -0.25) is 0 Å². The molecule has 4 rings (SSSR count).